The van der Waals surface area contributed by atoms with E-state index < -0.39 is 12.1 Å². The molecule has 1 N–H and O–H groups in total. The van der Waals surface area contributed by atoms with Crippen LogP contribution in [-0.2, 0) is 16.0 Å². The smallest absolute Gasteiger partial charge is 0.333 e. The largest absolute Gasteiger partial charge is 0.497 e. The molecule has 5 heteroatoms. The zero-order valence-electron chi connectivity index (χ0n) is 12.2. The maximum Gasteiger partial charge on any atom is 0.333 e. The van der Waals surface area contributed by atoms with Crippen LogP contribution in [0.4, 0.5) is 0 Å². The number of carboxylic acid groups (broad SMARTS) is 1. The normalized spacial score (nSPS) is 11.9. The van der Waals surface area contributed by atoms with E-state index >= 15 is 0 Å². The van der Waals surface area contributed by atoms with Crippen molar-refractivity contribution in [2.75, 3.05) is 20.8 Å². The number of unbranched alkanes of at least 4 members (excludes halogenated alkanes) is 1. The number of rotatable bonds is 9. The van der Waals surface area contributed by atoms with E-state index in [2.05, 4.69) is 0 Å². The minimum atomic E-state index is -0.967. The predicted octanol–water partition coefficient (Wildman–Crippen LogP) is 2.52. The lowest BCUT2D eigenvalue weighted by Gasteiger charge is -2.16. The van der Waals surface area contributed by atoms with E-state index in [1.807, 2.05) is 6.92 Å². The summed E-state index contributed by atoms with van der Waals surface area (Å²) in [6, 6.07) is 5.31. The average Bonchev–Trinajstić information content (AvgIpc) is 2.46. The van der Waals surface area contributed by atoms with Crippen LogP contribution in [0.15, 0.2) is 18.2 Å². The molecule has 0 aliphatic carbocycles. The van der Waals surface area contributed by atoms with Gasteiger partial charge in [0, 0.05) is 18.6 Å². The molecular weight excluding hydrogens is 260 g/mol. The topological polar surface area (TPSA) is 65.0 Å². The molecule has 1 rings (SSSR count). The summed E-state index contributed by atoms with van der Waals surface area (Å²) in [7, 11) is 3.12. The van der Waals surface area contributed by atoms with Crippen LogP contribution in [0.5, 0.6) is 11.5 Å². The van der Waals surface area contributed by atoms with Crippen LogP contribution in [0.2, 0.25) is 0 Å². The zero-order valence-corrected chi connectivity index (χ0v) is 12.2. The van der Waals surface area contributed by atoms with E-state index in [1.54, 1.807) is 32.4 Å². The van der Waals surface area contributed by atoms with Gasteiger partial charge in [-0.05, 0) is 24.6 Å². The third-order valence-electron chi connectivity index (χ3n) is 2.99. The third-order valence-corrected chi connectivity index (χ3v) is 2.99. The summed E-state index contributed by atoms with van der Waals surface area (Å²) in [4.78, 5) is 11.3. The van der Waals surface area contributed by atoms with E-state index in [0.717, 1.165) is 18.4 Å². The van der Waals surface area contributed by atoms with E-state index in [4.69, 9.17) is 14.2 Å². The van der Waals surface area contributed by atoms with Gasteiger partial charge in [0.25, 0.3) is 0 Å². The summed E-state index contributed by atoms with van der Waals surface area (Å²) in [5, 5.41) is 9.23. The standard InChI is InChI=1S/C15H22O5/c1-4-5-8-20-14(15(16)17)10-11-9-12(18-2)6-7-13(11)19-3/h6-7,9,14H,4-5,8,10H2,1-3H3,(H,16,17)/t14-/m0/s1. The maximum absolute atomic E-state index is 11.3. The van der Waals surface area contributed by atoms with Crippen LogP contribution in [-0.4, -0.2) is 38.0 Å². The number of hydrogen-bond donors (Lipinski definition) is 1. The van der Waals surface area contributed by atoms with Crippen molar-refractivity contribution in [1.82, 2.24) is 0 Å². The Hall–Kier alpha value is -1.75. The lowest BCUT2D eigenvalue weighted by atomic mass is 10.1. The minimum absolute atomic E-state index is 0.249. The SMILES string of the molecule is CCCCO[C@@H](Cc1cc(OC)ccc1OC)C(=O)O. The van der Waals surface area contributed by atoms with E-state index in [-0.39, 0.29) is 6.42 Å². The molecule has 0 bridgehead atoms. The minimum Gasteiger partial charge on any atom is -0.497 e. The van der Waals surface area contributed by atoms with Crippen LogP contribution in [0.3, 0.4) is 0 Å². The van der Waals surface area contributed by atoms with Gasteiger partial charge < -0.3 is 19.3 Å². The van der Waals surface area contributed by atoms with Crippen molar-refractivity contribution in [2.45, 2.75) is 32.3 Å². The molecule has 1 aromatic carbocycles. The highest BCUT2D eigenvalue weighted by atomic mass is 16.5. The summed E-state index contributed by atoms with van der Waals surface area (Å²) in [5.41, 5.74) is 0.760. The zero-order chi connectivity index (χ0) is 15.0. The Morgan fingerprint density at radius 3 is 2.60 bits per heavy atom. The number of methoxy groups -OCH3 is 2. The van der Waals surface area contributed by atoms with Gasteiger partial charge in [-0.3, -0.25) is 0 Å². The number of ether oxygens (including phenoxy) is 3. The van der Waals surface area contributed by atoms with E-state index in [0.29, 0.717) is 18.1 Å². The number of aliphatic carboxylic acids is 1. The molecule has 0 unspecified atom stereocenters. The van der Waals surface area contributed by atoms with Gasteiger partial charge in [0.05, 0.1) is 14.2 Å². The maximum atomic E-state index is 11.3. The lowest BCUT2D eigenvalue weighted by Crippen LogP contribution is -2.27. The van der Waals surface area contributed by atoms with E-state index in [9.17, 15) is 9.90 Å². The first kappa shape index (κ1) is 16.3. The second-order valence-electron chi connectivity index (χ2n) is 4.43. The molecule has 0 spiro atoms. The summed E-state index contributed by atoms with van der Waals surface area (Å²) in [6.07, 6.45) is 1.19. The molecule has 0 amide bonds. The molecule has 0 saturated carbocycles. The van der Waals surface area contributed by atoms with Gasteiger partial charge in [-0.25, -0.2) is 4.79 Å². The number of benzene rings is 1. The molecule has 0 fully saturated rings. The van der Waals surface area contributed by atoms with Crippen molar-refractivity contribution in [2.24, 2.45) is 0 Å². The van der Waals surface area contributed by atoms with Gasteiger partial charge in [0.15, 0.2) is 6.10 Å². The van der Waals surface area contributed by atoms with Gasteiger partial charge in [0.1, 0.15) is 11.5 Å². The van der Waals surface area contributed by atoms with Crippen LogP contribution < -0.4 is 9.47 Å². The molecule has 0 aromatic heterocycles. The summed E-state index contributed by atoms with van der Waals surface area (Å²) >= 11 is 0. The Bertz CT molecular complexity index is 430. The van der Waals surface area contributed by atoms with Crippen molar-refractivity contribution in [3.05, 3.63) is 23.8 Å². The Labute approximate surface area is 119 Å². The molecule has 20 heavy (non-hydrogen) atoms. The number of hydrogen-bond acceptors (Lipinski definition) is 4. The molecule has 1 aromatic rings. The van der Waals surface area contributed by atoms with Crippen LogP contribution >= 0.6 is 0 Å². The first-order valence-corrected chi connectivity index (χ1v) is 6.67. The molecular formula is C15H22O5. The Morgan fingerprint density at radius 1 is 1.30 bits per heavy atom. The second-order valence-corrected chi connectivity index (χ2v) is 4.43. The fraction of sp³-hybridized carbons (Fsp3) is 0.533. The lowest BCUT2D eigenvalue weighted by molar-refractivity contribution is -0.150. The fourth-order valence-corrected chi connectivity index (χ4v) is 1.83. The summed E-state index contributed by atoms with van der Waals surface area (Å²) < 4.78 is 15.8. The van der Waals surface area contributed by atoms with Gasteiger partial charge >= 0.3 is 5.97 Å². The Kier molecular flexibility index (Phi) is 6.87. The first-order valence-electron chi connectivity index (χ1n) is 6.67. The highest BCUT2D eigenvalue weighted by molar-refractivity contribution is 5.73. The number of carbonyl (C=O) groups is 1. The highest BCUT2D eigenvalue weighted by Gasteiger charge is 2.20. The van der Waals surface area contributed by atoms with Gasteiger partial charge in [-0.2, -0.15) is 0 Å². The quantitative estimate of drug-likeness (QED) is 0.705. The summed E-state index contributed by atoms with van der Waals surface area (Å²) in [6.45, 7) is 2.48. The van der Waals surface area contributed by atoms with Crippen molar-refractivity contribution < 1.29 is 24.1 Å². The Morgan fingerprint density at radius 2 is 2.05 bits per heavy atom. The van der Waals surface area contributed by atoms with Gasteiger partial charge in [0.2, 0.25) is 0 Å². The molecule has 0 radical (unpaired) electrons. The molecule has 0 heterocycles. The summed E-state index contributed by atoms with van der Waals surface area (Å²) in [5.74, 6) is 0.334. The van der Waals surface area contributed by atoms with Gasteiger partial charge in [-0.1, -0.05) is 13.3 Å². The second kappa shape index (κ2) is 8.43. The molecule has 112 valence electrons. The molecule has 0 saturated heterocycles. The monoisotopic (exact) mass is 282 g/mol. The predicted molar refractivity (Wildman–Crippen MR) is 75.5 cm³/mol. The third kappa shape index (κ3) is 4.74. The number of carboxylic acids is 1. The van der Waals surface area contributed by atoms with Crippen molar-refractivity contribution in [3.8, 4) is 11.5 Å². The van der Waals surface area contributed by atoms with Crippen LogP contribution in [0.1, 0.15) is 25.3 Å². The highest BCUT2D eigenvalue weighted by Crippen LogP contribution is 2.25. The average molecular weight is 282 g/mol. The van der Waals surface area contributed by atoms with Crippen LogP contribution in [0, 0.1) is 0 Å². The Balaban J connectivity index is 2.83. The first-order chi connectivity index (χ1) is 9.62. The molecule has 1 atom stereocenters. The molecule has 5 nitrogen and oxygen atoms in total. The van der Waals surface area contributed by atoms with Crippen molar-refractivity contribution in [3.63, 3.8) is 0 Å². The molecule has 0 aliphatic heterocycles. The van der Waals surface area contributed by atoms with Crippen molar-refractivity contribution >= 4 is 5.97 Å². The van der Waals surface area contributed by atoms with Crippen LogP contribution in [0.25, 0.3) is 0 Å². The van der Waals surface area contributed by atoms with E-state index in [1.165, 1.54) is 0 Å². The van der Waals surface area contributed by atoms with Gasteiger partial charge in [-0.15, -0.1) is 0 Å². The molecule has 0 aliphatic rings. The fourth-order valence-electron chi connectivity index (χ4n) is 1.83. The van der Waals surface area contributed by atoms with Crippen molar-refractivity contribution in [1.29, 1.82) is 0 Å².